The zero-order valence-electron chi connectivity index (χ0n) is 23.7. The molecule has 7 nitrogen and oxygen atoms in total. The molecule has 1 aliphatic rings. The number of aryl methyl sites for hydroxylation is 1. The Morgan fingerprint density at radius 3 is 2.40 bits per heavy atom. The van der Waals surface area contributed by atoms with Crippen LogP contribution in [0.4, 0.5) is 0 Å². The third-order valence-electron chi connectivity index (χ3n) is 7.38. The van der Waals surface area contributed by atoms with E-state index in [9.17, 15) is 9.59 Å². The average Bonchev–Trinajstić information content (AvgIpc) is 3.42. The molecule has 218 valence electrons. The predicted molar refractivity (Wildman–Crippen MR) is 170 cm³/mol. The van der Waals surface area contributed by atoms with Crippen molar-refractivity contribution in [3.05, 3.63) is 94.0 Å². The largest absolute Gasteiger partial charge is 0.339 e. The van der Waals surface area contributed by atoms with E-state index in [1.165, 1.54) is 5.56 Å². The summed E-state index contributed by atoms with van der Waals surface area (Å²) in [5, 5.41) is 10.6. The van der Waals surface area contributed by atoms with E-state index in [0.717, 1.165) is 40.8 Å². The fraction of sp³-hybridized carbons (Fsp3) is 0.312. The Labute approximate surface area is 260 Å². The maximum absolute atomic E-state index is 13.0. The standard InChI is InChI=1S/C32H33Cl2N5O2S/c1-22-11-13-24(14-12-22)30-35-36-32(39(30)26-8-4-3-5-9-26)42-19-7-6-10-29(40)37-17-18-38(23(2)21-37)31(41)25-15-16-27(33)28(34)20-25/h3-5,8-9,11-16,20,23H,6-7,10,17-19,21H2,1-2H3. The van der Waals surface area contributed by atoms with Gasteiger partial charge >= 0.3 is 0 Å². The van der Waals surface area contributed by atoms with Crippen LogP contribution in [0, 0.1) is 6.92 Å². The summed E-state index contributed by atoms with van der Waals surface area (Å²) < 4.78 is 2.10. The number of carbonyl (C=O) groups is 2. The average molecular weight is 623 g/mol. The Kier molecular flexibility index (Phi) is 9.88. The topological polar surface area (TPSA) is 71.3 Å². The lowest BCUT2D eigenvalue weighted by Crippen LogP contribution is -2.55. The highest BCUT2D eigenvalue weighted by Crippen LogP contribution is 2.29. The van der Waals surface area contributed by atoms with Crippen molar-refractivity contribution >= 4 is 46.8 Å². The molecular formula is C32H33Cl2N5O2S. The minimum atomic E-state index is -0.0981. The smallest absolute Gasteiger partial charge is 0.254 e. The summed E-state index contributed by atoms with van der Waals surface area (Å²) in [5.41, 5.74) is 3.73. The predicted octanol–water partition coefficient (Wildman–Crippen LogP) is 7.19. The quantitative estimate of drug-likeness (QED) is 0.146. The Hall–Kier alpha value is -3.33. The van der Waals surface area contributed by atoms with Crippen LogP contribution < -0.4 is 0 Å². The number of unbranched alkanes of at least 4 members (excludes halogenated alkanes) is 1. The monoisotopic (exact) mass is 621 g/mol. The van der Waals surface area contributed by atoms with Gasteiger partial charge in [0.05, 0.1) is 10.0 Å². The highest BCUT2D eigenvalue weighted by molar-refractivity contribution is 7.99. The van der Waals surface area contributed by atoms with E-state index < -0.39 is 0 Å². The minimum Gasteiger partial charge on any atom is -0.339 e. The number of hydrogen-bond acceptors (Lipinski definition) is 5. The van der Waals surface area contributed by atoms with Crippen molar-refractivity contribution in [1.29, 1.82) is 0 Å². The lowest BCUT2D eigenvalue weighted by atomic mass is 10.1. The van der Waals surface area contributed by atoms with Crippen LogP contribution in [0.3, 0.4) is 0 Å². The third-order valence-corrected chi connectivity index (χ3v) is 9.14. The van der Waals surface area contributed by atoms with E-state index in [4.69, 9.17) is 23.2 Å². The molecule has 1 saturated heterocycles. The van der Waals surface area contributed by atoms with Gasteiger partial charge in [-0.1, -0.05) is 83.0 Å². The van der Waals surface area contributed by atoms with Crippen LogP contribution in [0.15, 0.2) is 78.0 Å². The van der Waals surface area contributed by atoms with Crippen molar-refractivity contribution < 1.29 is 9.59 Å². The van der Waals surface area contributed by atoms with Crippen LogP contribution in [0.2, 0.25) is 10.0 Å². The van der Waals surface area contributed by atoms with Gasteiger partial charge in [-0.25, -0.2) is 0 Å². The molecule has 1 atom stereocenters. The molecule has 1 unspecified atom stereocenters. The number of carbonyl (C=O) groups excluding carboxylic acids is 2. The molecular weight excluding hydrogens is 589 g/mol. The SMILES string of the molecule is Cc1ccc(-c2nnc(SCCCCC(=O)N3CCN(C(=O)c4ccc(Cl)c(Cl)c4)C(C)C3)n2-c2ccccc2)cc1. The summed E-state index contributed by atoms with van der Waals surface area (Å²) in [6.07, 6.45) is 2.14. The second-order valence-corrected chi connectivity index (χ2v) is 12.3. The van der Waals surface area contributed by atoms with Gasteiger partial charge < -0.3 is 9.80 Å². The minimum absolute atomic E-state index is 0.0905. The summed E-state index contributed by atoms with van der Waals surface area (Å²) in [7, 11) is 0. The van der Waals surface area contributed by atoms with E-state index in [1.807, 2.05) is 30.0 Å². The van der Waals surface area contributed by atoms with Gasteiger partial charge in [-0.15, -0.1) is 10.2 Å². The molecule has 42 heavy (non-hydrogen) atoms. The van der Waals surface area contributed by atoms with E-state index in [0.29, 0.717) is 41.7 Å². The number of aromatic nitrogens is 3. The number of para-hydroxylation sites is 1. The number of amides is 2. The van der Waals surface area contributed by atoms with Gasteiger partial charge in [0.15, 0.2) is 11.0 Å². The molecule has 0 bridgehead atoms. The van der Waals surface area contributed by atoms with Crippen molar-refractivity contribution in [1.82, 2.24) is 24.6 Å². The first-order chi connectivity index (χ1) is 20.3. The summed E-state index contributed by atoms with van der Waals surface area (Å²) >= 11 is 13.8. The fourth-order valence-corrected chi connectivity index (χ4v) is 6.29. The second-order valence-electron chi connectivity index (χ2n) is 10.5. The van der Waals surface area contributed by atoms with Crippen LogP contribution >= 0.6 is 35.0 Å². The van der Waals surface area contributed by atoms with Crippen molar-refractivity contribution in [2.75, 3.05) is 25.4 Å². The highest BCUT2D eigenvalue weighted by atomic mass is 35.5. The zero-order chi connectivity index (χ0) is 29.6. The van der Waals surface area contributed by atoms with Gasteiger partial charge in [0.1, 0.15) is 0 Å². The molecule has 2 heterocycles. The second kappa shape index (κ2) is 13.8. The Morgan fingerprint density at radius 1 is 0.929 bits per heavy atom. The number of halogens is 2. The summed E-state index contributed by atoms with van der Waals surface area (Å²) in [6, 6.07) is 23.3. The maximum Gasteiger partial charge on any atom is 0.254 e. The number of nitrogens with zero attached hydrogens (tertiary/aromatic N) is 5. The normalized spacial score (nSPS) is 15.2. The number of rotatable bonds is 9. The van der Waals surface area contributed by atoms with E-state index >= 15 is 0 Å². The summed E-state index contributed by atoms with van der Waals surface area (Å²) in [5.74, 6) is 1.67. The molecule has 2 amide bonds. The fourth-order valence-electron chi connectivity index (χ4n) is 5.04. The molecule has 0 saturated carbocycles. The molecule has 4 aromatic rings. The molecule has 1 fully saturated rings. The summed E-state index contributed by atoms with van der Waals surface area (Å²) in [4.78, 5) is 29.7. The summed E-state index contributed by atoms with van der Waals surface area (Å²) in [6.45, 7) is 5.56. The Morgan fingerprint density at radius 2 is 1.69 bits per heavy atom. The van der Waals surface area contributed by atoms with Crippen molar-refractivity contribution in [3.8, 4) is 17.1 Å². The first kappa shape index (κ1) is 30.1. The van der Waals surface area contributed by atoms with Gasteiger partial charge in [-0.2, -0.15) is 0 Å². The van der Waals surface area contributed by atoms with Gasteiger partial charge in [0.2, 0.25) is 5.91 Å². The number of hydrogen-bond donors (Lipinski definition) is 0. The molecule has 0 aliphatic carbocycles. The van der Waals surface area contributed by atoms with E-state index in [-0.39, 0.29) is 17.9 Å². The third kappa shape index (κ3) is 7.00. The van der Waals surface area contributed by atoms with Gasteiger partial charge in [-0.3, -0.25) is 14.2 Å². The zero-order valence-corrected chi connectivity index (χ0v) is 26.0. The molecule has 5 rings (SSSR count). The molecule has 3 aromatic carbocycles. The van der Waals surface area contributed by atoms with Crippen LogP contribution in [0.5, 0.6) is 0 Å². The molecule has 0 spiro atoms. The molecule has 0 N–H and O–H groups in total. The van der Waals surface area contributed by atoms with Crippen LogP contribution in [0.1, 0.15) is 42.1 Å². The van der Waals surface area contributed by atoms with Gasteiger partial charge in [-0.05, 0) is 57.0 Å². The highest BCUT2D eigenvalue weighted by Gasteiger charge is 2.30. The Balaban J connectivity index is 1.12. The van der Waals surface area contributed by atoms with Crippen molar-refractivity contribution in [2.45, 2.75) is 44.3 Å². The van der Waals surface area contributed by atoms with Crippen LogP contribution in [0.25, 0.3) is 17.1 Å². The van der Waals surface area contributed by atoms with Gasteiger partial charge in [0.25, 0.3) is 5.91 Å². The molecule has 0 radical (unpaired) electrons. The molecule has 1 aliphatic heterocycles. The van der Waals surface area contributed by atoms with Gasteiger partial charge in [0, 0.05) is 54.7 Å². The molecule has 10 heteroatoms. The van der Waals surface area contributed by atoms with Crippen LogP contribution in [-0.2, 0) is 4.79 Å². The lowest BCUT2D eigenvalue weighted by Gasteiger charge is -2.40. The Bertz CT molecular complexity index is 1540. The van der Waals surface area contributed by atoms with Crippen molar-refractivity contribution in [3.63, 3.8) is 0 Å². The van der Waals surface area contributed by atoms with E-state index in [1.54, 1.807) is 34.9 Å². The number of thioether (sulfide) groups is 1. The van der Waals surface area contributed by atoms with Crippen LogP contribution in [-0.4, -0.2) is 67.8 Å². The maximum atomic E-state index is 13.0. The first-order valence-electron chi connectivity index (χ1n) is 14.1. The number of piperazine rings is 1. The molecule has 1 aromatic heterocycles. The first-order valence-corrected chi connectivity index (χ1v) is 15.8. The number of benzene rings is 3. The lowest BCUT2D eigenvalue weighted by molar-refractivity contribution is -0.133. The van der Waals surface area contributed by atoms with Crippen molar-refractivity contribution in [2.24, 2.45) is 0 Å². The van der Waals surface area contributed by atoms with E-state index in [2.05, 4.69) is 58.1 Å².